The summed E-state index contributed by atoms with van der Waals surface area (Å²) in [4.78, 5) is 17.2. The normalized spacial score (nSPS) is 10.5. The number of rotatable bonds is 6. The second-order valence-electron chi connectivity index (χ2n) is 6.65. The van der Waals surface area contributed by atoms with Gasteiger partial charge in [0.15, 0.2) is 0 Å². The highest BCUT2D eigenvalue weighted by Crippen LogP contribution is 2.26. The first-order valence-electron chi connectivity index (χ1n) is 9.42. The summed E-state index contributed by atoms with van der Waals surface area (Å²) < 4.78 is 5.75. The zero-order valence-corrected chi connectivity index (χ0v) is 16.1. The summed E-state index contributed by atoms with van der Waals surface area (Å²) in [6.07, 6.45) is 0.141. The van der Waals surface area contributed by atoms with Crippen LogP contribution in [0.25, 0.3) is 11.5 Å². The molecule has 4 rings (SSSR count). The van der Waals surface area contributed by atoms with Crippen LogP contribution in [0, 0.1) is 6.92 Å². The Balaban J connectivity index is 1.48. The third-order valence-corrected chi connectivity index (χ3v) is 4.50. The number of anilines is 3. The second-order valence-corrected chi connectivity index (χ2v) is 6.65. The molecule has 0 unspecified atom stereocenters. The number of oxazole rings is 1. The molecule has 0 bridgehead atoms. The molecule has 29 heavy (non-hydrogen) atoms. The average molecular weight is 383 g/mol. The van der Waals surface area contributed by atoms with E-state index in [0.29, 0.717) is 23.0 Å². The molecule has 0 fully saturated rings. The van der Waals surface area contributed by atoms with Crippen molar-refractivity contribution >= 4 is 23.0 Å². The van der Waals surface area contributed by atoms with Crippen molar-refractivity contribution in [1.29, 1.82) is 0 Å². The number of aryl methyl sites for hydroxylation is 1. The lowest BCUT2D eigenvalue weighted by Crippen LogP contribution is -2.16. The first kappa shape index (κ1) is 18.5. The number of hydrogen-bond acceptors (Lipinski definition) is 4. The smallest absolute Gasteiger partial charge is 0.230 e. The van der Waals surface area contributed by atoms with Gasteiger partial charge in [-0.05, 0) is 43.3 Å². The standard InChI is InChI=1S/C24H21N3O2/c1-17-22(27-24(29-17)18-10-4-2-5-11-18)16-23(28)26-21-15-9-8-14-20(21)25-19-12-6-3-7-13-19/h2-15,25H,16H2,1H3,(H,26,28). The van der Waals surface area contributed by atoms with E-state index in [1.807, 2.05) is 91.9 Å². The molecule has 1 amide bonds. The van der Waals surface area contributed by atoms with Gasteiger partial charge in [-0.2, -0.15) is 0 Å². The van der Waals surface area contributed by atoms with Crippen molar-refractivity contribution in [2.75, 3.05) is 10.6 Å². The van der Waals surface area contributed by atoms with Crippen LogP contribution in [0.4, 0.5) is 17.1 Å². The maximum absolute atomic E-state index is 12.7. The Morgan fingerprint density at radius 3 is 2.21 bits per heavy atom. The van der Waals surface area contributed by atoms with Crippen molar-refractivity contribution in [2.24, 2.45) is 0 Å². The fraction of sp³-hybridized carbons (Fsp3) is 0.0833. The Kier molecular flexibility index (Phi) is 5.38. The van der Waals surface area contributed by atoms with Crippen LogP contribution in [0.15, 0.2) is 89.3 Å². The van der Waals surface area contributed by atoms with Crippen molar-refractivity contribution in [2.45, 2.75) is 13.3 Å². The highest BCUT2D eigenvalue weighted by Gasteiger charge is 2.15. The number of benzene rings is 3. The van der Waals surface area contributed by atoms with Gasteiger partial charge < -0.3 is 15.1 Å². The molecule has 4 aromatic rings. The number of para-hydroxylation sites is 3. The zero-order valence-electron chi connectivity index (χ0n) is 16.1. The topological polar surface area (TPSA) is 67.2 Å². The van der Waals surface area contributed by atoms with Crippen LogP contribution in [-0.2, 0) is 11.2 Å². The maximum atomic E-state index is 12.7. The van der Waals surface area contributed by atoms with Crippen LogP contribution in [0.2, 0.25) is 0 Å². The predicted molar refractivity (Wildman–Crippen MR) is 115 cm³/mol. The molecule has 0 saturated heterocycles. The molecule has 1 aromatic heterocycles. The van der Waals surface area contributed by atoms with Crippen LogP contribution in [-0.4, -0.2) is 10.9 Å². The van der Waals surface area contributed by atoms with Crippen LogP contribution in [0.3, 0.4) is 0 Å². The quantitative estimate of drug-likeness (QED) is 0.456. The third-order valence-electron chi connectivity index (χ3n) is 4.50. The van der Waals surface area contributed by atoms with Gasteiger partial charge in [0.25, 0.3) is 0 Å². The molecule has 3 aromatic carbocycles. The minimum absolute atomic E-state index is 0.141. The Hall–Kier alpha value is -3.86. The largest absolute Gasteiger partial charge is 0.441 e. The highest BCUT2D eigenvalue weighted by molar-refractivity contribution is 5.96. The molecule has 0 aliphatic heterocycles. The molecule has 2 N–H and O–H groups in total. The van der Waals surface area contributed by atoms with E-state index in [1.54, 1.807) is 0 Å². The molecule has 0 radical (unpaired) electrons. The molecular weight excluding hydrogens is 362 g/mol. The van der Waals surface area contributed by atoms with Gasteiger partial charge >= 0.3 is 0 Å². The number of nitrogens with one attached hydrogen (secondary N) is 2. The summed E-state index contributed by atoms with van der Waals surface area (Å²) in [5, 5.41) is 6.30. The molecule has 0 aliphatic rings. The van der Waals surface area contributed by atoms with E-state index in [9.17, 15) is 4.79 Å². The number of amides is 1. The molecule has 0 atom stereocenters. The first-order chi connectivity index (χ1) is 14.2. The number of hydrogen-bond donors (Lipinski definition) is 2. The van der Waals surface area contributed by atoms with Gasteiger partial charge in [-0.3, -0.25) is 4.79 Å². The van der Waals surface area contributed by atoms with E-state index in [-0.39, 0.29) is 12.3 Å². The summed E-state index contributed by atoms with van der Waals surface area (Å²) in [7, 11) is 0. The van der Waals surface area contributed by atoms with E-state index in [4.69, 9.17) is 4.42 Å². The third kappa shape index (κ3) is 4.52. The average Bonchev–Trinajstić information content (AvgIpc) is 3.11. The number of carbonyl (C=O) groups excluding carboxylic acids is 1. The minimum atomic E-state index is -0.150. The van der Waals surface area contributed by atoms with E-state index < -0.39 is 0 Å². The number of nitrogens with zero attached hydrogens (tertiary/aromatic N) is 1. The fourth-order valence-electron chi connectivity index (χ4n) is 3.02. The summed E-state index contributed by atoms with van der Waals surface area (Å²) in [6.45, 7) is 1.83. The van der Waals surface area contributed by atoms with Gasteiger partial charge in [0.2, 0.25) is 11.8 Å². The summed E-state index contributed by atoms with van der Waals surface area (Å²) in [5.41, 5.74) is 4.02. The van der Waals surface area contributed by atoms with E-state index in [2.05, 4.69) is 15.6 Å². The lowest BCUT2D eigenvalue weighted by atomic mass is 10.2. The molecule has 5 heteroatoms. The summed E-state index contributed by atoms with van der Waals surface area (Å²) >= 11 is 0. The Morgan fingerprint density at radius 2 is 1.48 bits per heavy atom. The highest BCUT2D eigenvalue weighted by atomic mass is 16.4. The molecular formula is C24H21N3O2. The van der Waals surface area contributed by atoms with Crippen LogP contribution in [0.5, 0.6) is 0 Å². The summed E-state index contributed by atoms with van der Waals surface area (Å²) in [6, 6.07) is 27.1. The Bertz CT molecular complexity index is 1110. The lowest BCUT2D eigenvalue weighted by molar-refractivity contribution is -0.115. The summed E-state index contributed by atoms with van der Waals surface area (Å²) in [5.74, 6) is 1.02. The maximum Gasteiger partial charge on any atom is 0.230 e. The van der Waals surface area contributed by atoms with Gasteiger partial charge in [-0.15, -0.1) is 0 Å². The predicted octanol–water partition coefficient (Wildman–Crippen LogP) is 5.57. The first-order valence-corrected chi connectivity index (χ1v) is 9.42. The zero-order chi connectivity index (χ0) is 20.1. The van der Waals surface area contributed by atoms with E-state index in [1.165, 1.54) is 0 Å². The van der Waals surface area contributed by atoms with Crippen LogP contribution >= 0.6 is 0 Å². The van der Waals surface area contributed by atoms with Gasteiger partial charge in [0.1, 0.15) is 5.76 Å². The lowest BCUT2D eigenvalue weighted by Gasteiger charge is -2.13. The Morgan fingerprint density at radius 1 is 0.862 bits per heavy atom. The molecule has 0 saturated carbocycles. The van der Waals surface area contributed by atoms with Crippen molar-refractivity contribution < 1.29 is 9.21 Å². The van der Waals surface area contributed by atoms with Gasteiger partial charge in [0.05, 0.1) is 23.5 Å². The minimum Gasteiger partial charge on any atom is -0.441 e. The molecule has 1 heterocycles. The van der Waals surface area contributed by atoms with Crippen LogP contribution in [0.1, 0.15) is 11.5 Å². The number of aromatic nitrogens is 1. The fourth-order valence-corrected chi connectivity index (χ4v) is 3.02. The Labute approximate surface area is 169 Å². The van der Waals surface area contributed by atoms with Gasteiger partial charge in [0, 0.05) is 11.3 Å². The molecule has 0 aliphatic carbocycles. The van der Waals surface area contributed by atoms with E-state index in [0.717, 1.165) is 16.9 Å². The van der Waals surface area contributed by atoms with Crippen molar-refractivity contribution in [3.63, 3.8) is 0 Å². The van der Waals surface area contributed by atoms with Crippen molar-refractivity contribution in [1.82, 2.24) is 4.98 Å². The number of carbonyl (C=O) groups is 1. The molecule has 5 nitrogen and oxygen atoms in total. The monoisotopic (exact) mass is 383 g/mol. The van der Waals surface area contributed by atoms with E-state index >= 15 is 0 Å². The second kappa shape index (κ2) is 8.44. The molecule has 144 valence electrons. The van der Waals surface area contributed by atoms with Gasteiger partial charge in [-0.1, -0.05) is 48.5 Å². The van der Waals surface area contributed by atoms with Crippen LogP contribution < -0.4 is 10.6 Å². The van der Waals surface area contributed by atoms with Crippen molar-refractivity contribution in [3.8, 4) is 11.5 Å². The molecule has 0 spiro atoms. The SMILES string of the molecule is Cc1oc(-c2ccccc2)nc1CC(=O)Nc1ccccc1Nc1ccccc1. The van der Waals surface area contributed by atoms with Gasteiger partial charge in [-0.25, -0.2) is 4.98 Å². The van der Waals surface area contributed by atoms with Crippen molar-refractivity contribution in [3.05, 3.63) is 96.4 Å².